The van der Waals surface area contributed by atoms with Gasteiger partial charge in [-0.1, -0.05) is 50.2 Å². The number of aromatic nitrogens is 4. The third kappa shape index (κ3) is 3.43. The molecule has 0 aliphatic heterocycles. The summed E-state index contributed by atoms with van der Waals surface area (Å²) in [5.74, 6) is 1.11. The van der Waals surface area contributed by atoms with Crippen molar-refractivity contribution in [2.75, 3.05) is 0 Å². The van der Waals surface area contributed by atoms with E-state index < -0.39 is 0 Å². The van der Waals surface area contributed by atoms with Crippen molar-refractivity contribution in [2.24, 2.45) is 0 Å². The predicted molar refractivity (Wildman–Crippen MR) is 87.6 cm³/mol. The Morgan fingerprint density at radius 2 is 1.91 bits per heavy atom. The van der Waals surface area contributed by atoms with Gasteiger partial charge in [0, 0.05) is 5.56 Å². The first-order valence-corrected chi connectivity index (χ1v) is 7.53. The molecule has 2 aromatic carbocycles. The fourth-order valence-corrected chi connectivity index (χ4v) is 2.35. The summed E-state index contributed by atoms with van der Waals surface area (Å²) < 4.78 is 0. The lowest BCUT2D eigenvalue weighted by molar-refractivity contribution is 0.573. The van der Waals surface area contributed by atoms with E-state index in [2.05, 4.69) is 47.5 Å². The summed E-state index contributed by atoms with van der Waals surface area (Å²) in [6.45, 7) is 4.82. The van der Waals surface area contributed by atoms with Crippen LogP contribution in [-0.4, -0.2) is 20.2 Å². The van der Waals surface area contributed by atoms with E-state index >= 15 is 0 Å². The van der Waals surface area contributed by atoms with Gasteiger partial charge in [0.15, 0.2) is 0 Å². The molecule has 0 amide bonds. The van der Waals surface area contributed by atoms with E-state index in [9.17, 15) is 0 Å². The molecule has 0 unspecified atom stereocenters. The quantitative estimate of drug-likeness (QED) is 0.741. The van der Waals surface area contributed by atoms with Crippen LogP contribution in [0.2, 0.25) is 0 Å². The third-order valence-electron chi connectivity index (χ3n) is 3.67. The minimum absolute atomic E-state index is 0.493. The summed E-state index contributed by atoms with van der Waals surface area (Å²) in [5.41, 5.74) is 3.84. The van der Waals surface area contributed by atoms with E-state index in [0.717, 1.165) is 11.1 Å². The highest BCUT2D eigenvalue weighted by Crippen LogP contribution is 2.19. The van der Waals surface area contributed by atoms with Crippen molar-refractivity contribution >= 4 is 0 Å². The zero-order valence-electron chi connectivity index (χ0n) is 13.1. The molecule has 0 bridgehead atoms. The number of nitrogens with zero attached hydrogens (tertiary/aromatic N) is 5. The maximum atomic E-state index is 8.94. The van der Waals surface area contributed by atoms with Crippen molar-refractivity contribution in [3.63, 3.8) is 0 Å². The Hall–Kier alpha value is -3.00. The molecule has 0 saturated heterocycles. The van der Waals surface area contributed by atoms with E-state index in [0.29, 0.717) is 23.9 Å². The Bertz CT molecular complexity index is 840. The molecule has 0 saturated carbocycles. The third-order valence-corrected chi connectivity index (χ3v) is 3.67. The second-order valence-electron chi connectivity index (χ2n) is 5.73. The molecule has 1 aromatic heterocycles. The summed E-state index contributed by atoms with van der Waals surface area (Å²) in [6, 6.07) is 17.8. The monoisotopic (exact) mass is 303 g/mol. The molecule has 23 heavy (non-hydrogen) atoms. The summed E-state index contributed by atoms with van der Waals surface area (Å²) in [5, 5.41) is 21.6. The summed E-state index contributed by atoms with van der Waals surface area (Å²) in [6.07, 6.45) is 0. The van der Waals surface area contributed by atoms with Gasteiger partial charge in [-0.25, -0.2) is 0 Å². The molecular weight excluding hydrogens is 286 g/mol. The van der Waals surface area contributed by atoms with Gasteiger partial charge in [-0.15, -0.1) is 10.2 Å². The zero-order chi connectivity index (χ0) is 16.2. The van der Waals surface area contributed by atoms with Crippen LogP contribution in [0.1, 0.15) is 36.5 Å². The van der Waals surface area contributed by atoms with Gasteiger partial charge in [0.2, 0.25) is 5.82 Å². The van der Waals surface area contributed by atoms with E-state index in [4.69, 9.17) is 5.26 Å². The minimum Gasteiger partial charge on any atom is -0.192 e. The summed E-state index contributed by atoms with van der Waals surface area (Å²) in [7, 11) is 0. The van der Waals surface area contributed by atoms with E-state index in [-0.39, 0.29) is 0 Å². The predicted octanol–water partition coefficient (Wildman–Crippen LogP) is 3.38. The van der Waals surface area contributed by atoms with Gasteiger partial charge < -0.3 is 0 Å². The van der Waals surface area contributed by atoms with E-state index in [1.807, 2.05) is 30.3 Å². The van der Waals surface area contributed by atoms with Gasteiger partial charge >= 0.3 is 0 Å². The smallest absolute Gasteiger partial charge is 0.192 e. The van der Waals surface area contributed by atoms with Crippen LogP contribution < -0.4 is 0 Å². The standard InChI is InChI=1S/C18H17N5/c1-13(2)16-6-8-17(9-7-16)18-20-22-23(21-18)12-15-5-3-4-14(10-15)11-19/h3-10,13H,12H2,1-2H3. The van der Waals surface area contributed by atoms with Crippen LogP contribution in [0.4, 0.5) is 0 Å². The lowest BCUT2D eigenvalue weighted by atomic mass is 10.0. The summed E-state index contributed by atoms with van der Waals surface area (Å²) in [4.78, 5) is 1.54. The highest BCUT2D eigenvalue weighted by Gasteiger charge is 2.07. The van der Waals surface area contributed by atoms with Crippen molar-refractivity contribution in [1.29, 1.82) is 5.26 Å². The molecule has 1 heterocycles. The average Bonchev–Trinajstić information content (AvgIpc) is 3.03. The highest BCUT2D eigenvalue weighted by atomic mass is 15.6. The highest BCUT2D eigenvalue weighted by molar-refractivity contribution is 5.54. The van der Waals surface area contributed by atoms with Gasteiger partial charge in [-0.3, -0.25) is 0 Å². The molecule has 0 N–H and O–H groups in total. The fourth-order valence-electron chi connectivity index (χ4n) is 2.35. The first-order chi connectivity index (χ1) is 11.2. The molecule has 0 aliphatic carbocycles. The number of benzene rings is 2. The Labute approximate surface area is 135 Å². The Morgan fingerprint density at radius 3 is 2.61 bits per heavy atom. The van der Waals surface area contributed by atoms with Crippen LogP contribution in [0, 0.1) is 11.3 Å². The first kappa shape index (κ1) is 14.9. The van der Waals surface area contributed by atoms with Gasteiger partial charge in [0.05, 0.1) is 18.2 Å². The maximum absolute atomic E-state index is 8.94. The molecule has 5 nitrogen and oxygen atoms in total. The SMILES string of the molecule is CC(C)c1ccc(-c2nnn(Cc3cccc(C#N)c3)n2)cc1. The zero-order valence-corrected chi connectivity index (χ0v) is 13.1. The van der Waals surface area contributed by atoms with Crippen molar-refractivity contribution in [1.82, 2.24) is 20.2 Å². The van der Waals surface area contributed by atoms with Gasteiger partial charge in [-0.05, 0) is 34.4 Å². The number of nitriles is 1. The second-order valence-corrected chi connectivity index (χ2v) is 5.73. The Morgan fingerprint density at radius 1 is 1.13 bits per heavy atom. The van der Waals surface area contributed by atoms with Crippen LogP contribution in [0.5, 0.6) is 0 Å². The molecule has 5 heteroatoms. The molecule has 0 spiro atoms. The van der Waals surface area contributed by atoms with Crippen molar-refractivity contribution < 1.29 is 0 Å². The van der Waals surface area contributed by atoms with Gasteiger partial charge in [0.1, 0.15) is 0 Å². The van der Waals surface area contributed by atoms with Crippen LogP contribution in [0.15, 0.2) is 48.5 Å². The molecule has 0 atom stereocenters. The number of hydrogen-bond donors (Lipinski definition) is 0. The normalized spacial score (nSPS) is 10.7. The molecule has 114 valence electrons. The largest absolute Gasteiger partial charge is 0.204 e. The molecule has 3 aromatic rings. The van der Waals surface area contributed by atoms with Crippen molar-refractivity contribution in [2.45, 2.75) is 26.3 Å². The number of tetrazole rings is 1. The second kappa shape index (κ2) is 6.41. The molecule has 0 aliphatic rings. The Balaban J connectivity index is 1.78. The van der Waals surface area contributed by atoms with Crippen molar-refractivity contribution in [3.05, 3.63) is 65.2 Å². The fraction of sp³-hybridized carbons (Fsp3) is 0.222. The summed E-state index contributed by atoms with van der Waals surface area (Å²) >= 11 is 0. The van der Waals surface area contributed by atoms with E-state index in [1.54, 1.807) is 10.9 Å². The number of hydrogen-bond acceptors (Lipinski definition) is 4. The Kier molecular flexibility index (Phi) is 4.15. The maximum Gasteiger partial charge on any atom is 0.204 e. The molecular formula is C18H17N5. The lowest BCUT2D eigenvalue weighted by Crippen LogP contribution is -2.04. The average molecular weight is 303 g/mol. The van der Waals surface area contributed by atoms with Gasteiger partial charge in [0.25, 0.3) is 0 Å². The van der Waals surface area contributed by atoms with E-state index in [1.165, 1.54) is 5.56 Å². The molecule has 3 rings (SSSR count). The molecule has 0 fully saturated rings. The van der Waals surface area contributed by atoms with Crippen molar-refractivity contribution in [3.8, 4) is 17.5 Å². The first-order valence-electron chi connectivity index (χ1n) is 7.53. The minimum atomic E-state index is 0.493. The molecule has 0 radical (unpaired) electrons. The van der Waals surface area contributed by atoms with Crippen LogP contribution >= 0.6 is 0 Å². The number of rotatable bonds is 4. The topological polar surface area (TPSA) is 67.4 Å². The van der Waals surface area contributed by atoms with Crippen LogP contribution in [-0.2, 0) is 6.54 Å². The van der Waals surface area contributed by atoms with Crippen LogP contribution in [0.3, 0.4) is 0 Å². The lowest BCUT2D eigenvalue weighted by Gasteiger charge is -2.04. The van der Waals surface area contributed by atoms with Gasteiger partial charge in [-0.2, -0.15) is 10.1 Å². The van der Waals surface area contributed by atoms with Crippen LogP contribution in [0.25, 0.3) is 11.4 Å².